The lowest BCUT2D eigenvalue weighted by atomic mass is 10.1. The number of fused-ring (bicyclic) bond motifs is 1. The van der Waals surface area contributed by atoms with E-state index in [1.165, 1.54) is 0 Å². The minimum absolute atomic E-state index is 0.0490. The lowest BCUT2D eigenvalue weighted by Gasteiger charge is -2.07. The second-order valence-electron chi connectivity index (χ2n) is 5.13. The van der Waals surface area contributed by atoms with Gasteiger partial charge in [-0.15, -0.1) is 0 Å². The molecular weight excluding hydrogens is 248 g/mol. The third kappa shape index (κ3) is 1.92. The molecular formula is C17H16N2O. The van der Waals surface area contributed by atoms with Gasteiger partial charge in [-0.25, -0.2) is 4.99 Å². The molecule has 0 fully saturated rings. The Labute approximate surface area is 118 Å². The number of carbonyl (C=O) groups is 1. The van der Waals surface area contributed by atoms with Crippen molar-refractivity contribution in [2.45, 2.75) is 13.8 Å². The maximum atomic E-state index is 12.4. The van der Waals surface area contributed by atoms with Gasteiger partial charge in [0, 0.05) is 12.6 Å². The summed E-state index contributed by atoms with van der Waals surface area (Å²) in [6.07, 6.45) is 0. The van der Waals surface area contributed by atoms with Crippen LogP contribution >= 0.6 is 0 Å². The molecule has 0 N–H and O–H groups in total. The number of likely N-dealkylation sites (N-methyl/N-ethyl adjacent to an activating group) is 1. The average Bonchev–Trinajstić information content (AvgIpc) is 2.68. The molecule has 0 saturated heterocycles. The van der Waals surface area contributed by atoms with Gasteiger partial charge in [-0.05, 0) is 37.1 Å². The third-order valence-electron chi connectivity index (χ3n) is 3.62. The number of aryl methyl sites for hydroxylation is 2. The van der Waals surface area contributed by atoms with Crippen LogP contribution in [0.5, 0.6) is 0 Å². The number of anilines is 1. The molecule has 3 heteroatoms. The van der Waals surface area contributed by atoms with Gasteiger partial charge in [0.15, 0.2) is 0 Å². The van der Waals surface area contributed by atoms with E-state index in [9.17, 15) is 4.79 Å². The maximum absolute atomic E-state index is 12.4. The highest BCUT2D eigenvalue weighted by Gasteiger charge is 2.30. The van der Waals surface area contributed by atoms with Crippen molar-refractivity contribution >= 4 is 23.0 Å². The molecule has 1 heterocycles. The van der Waals surface area contributed by atoms with E-state index in [0.29, 0.717) is 5.71 Å². The van der Waals surface area contributed by atoms with Crippen molar-refractivity contribution in [3.8, 4) is 0 Å². The van der Waals surface area contributed by atoms with Gasteiger partial charge in [0.05, 0.1) is 11.4 Å². The van der Waals surface area contributed by atoms with Crippen molar-refractivity contribution in [1.29, 1.82) is 0 Å². The molecule has 1 aliphatic heterocycles. The van der Waals surface area contributed by atoms with Crippen LogP contribution in [0.15, 0.2) is 47.5 Å². The molecule has 2 aromatic rings. The first kappa shape index (κ1) is 12.6. The molecule has 0 aliphatic carbocycles. The highest BCUT2D eigenvalue weighted by atomic mass is 16.2. The summed E-state index contributed by atoms with van der Waals surface area (Å²) in [4.78, 5) is 18.6. The van der Waals surface area contributed by atoms with Gasteiger partial charge in [0.25, 0.3) is 5.91 Å². The lowest BCUT2D eigenvalue weighted by Crippen LogP contribution is -2.25. The molecule has 0 unspecified atom stereocenters. The first-order valence-corrected chi connectivity index (χ1v) is 6.61. The van der Waals surface area contributed by atoms with E-state index in [0.717, 1.165) is 28.1 Å². The molecule has 0 atom stereocenters. The fraction of sp³-hybridized carbons (Fsp3) is 0.176. The minimum atomic E-state index is -0.0490. The van der Waals surface area contributed by atoms with Crippen LogP contribution in [0, 0.1) is 13.8 Å². The van der Waals surface area contributed by atoms with E-state index < -0.39 is 0 Å². The normalized spacial score (nSPS) is 15.8. The fourth-order valence-electron chi connectivity index (χ4n) is 2.42. The number of carbonyl (C=O) groups excluding carboxylic acids is 1. The van der Waals surface area contributed by atoms with Gasteiger partial charge in [-0.3, -0.25) is 4.79 Å². The second-order valence-corrected chi connectivity index (χ2v) is 5.13. The molecule has 0 spiro atoms. The fourth-order valence-corrected chi connectivity index (χ4v) is 2.42. The monoisotopic (exact) mass is 264 g/mol. The molecule has 20 heavy (non-hydrogen) atoms. The summed E-state index contributed by atoms with van der Waals surface area (Å²) in [5.74, 6) is -0.0490. The summed E-state index contributed by atoms with van der Waals surface area (Å²) in [6.45, 7) is 4.04. The second kappa shape index (κ2) is 4.60. The first-order chi connectivity index (χ1) is 9.58. The topological polar surface area (TPSA) is 32.7 Å². The zero-order valence-corrected chi connectivity index (χ0v) is 11.8. The SMILES string of the molecule is Cc1ccc(C)c(N=C2C(=O)N(C)c3ccccc32)c1. The third-order valence-corrected chi connectivity index (χ3v) is 3.62. The zero-order valence-electron chi connectivity index (χ0n) is 11.8. The molecule has 1 aliphatic rings. The number of benzene rings is 2. The molecule has 100 valence electrons. The summed E-state index contributed by atoms with van der Waals surface area (Å²) >= 11 is 0. The van der Waals surface area contributed by atoms with Crippen molar-refractivity contribution in [3.05, 3.63) is 59.2 Å². The van der Waals surface area contributed by atoms with Gasteiger partial charge >= 0.3 is 0 Å². The predicted octanol–water partition coefficient (Wildman–Crippen LogP) is 3.40. The Kier molecular flexibility index (Phi) is 2.90. The van der Waals surface area contributed by atoms with Gasteiger partial charge in [0.2, 0.25) is 0 Å². The van der Waals surface area contributed by atoms with E-state index in [-0.39, 0.29) is 5.91 Å². The van der Waals surface area contributed by atoms with Crippen molar-refractivity contribution in [3.63, 3.8) is 0 Å². The summed E-state index contributed by atoms with van der Waals surface area (Å²) in [6, 6.07) is 13.8. The molecule has 3 nitrogen and oxygen atoms in total. The van der Waals surface area contributed by atoms with Crippen molar-refractivity contribution < 1.29 is 4.79 Å². The quantitative estimate of drug-likeness (QED) is 0.777. The Balaban J connectivity index is 2.17. The number of amides is 1. The van der Waals surface area contributed by atoms with E-state index in [2.05, 4.69) is 11.1 Å². The van der Waals surface area contributed by atoms with Crippen LogP contribution in [0.1, 0.15) is 16.7 Å². The molecule has 0 bridgehead atoms. The Morgan fingerprint density at radius 1 is 1.05 bits per heavy atom. The number of para-hydroxylation sites is 1. The zero-order chi connectivity index (χ0) is 14.3. The van der Waals surface area contributed by atoms with E-state index in [1.807, 2.05) is 50.2 Å². The van der Waals surface area contributed by atoms with Gasteiger partial charge < -0.3 is 4.90 Å². The highest BCUT2D eigenvalue weighted by molar-refractivity contribution is 6.54. The molecule has 0 radical (unpaired) electrons. The van der Waals surface area contributed by atoms with Crippen LogP contribution in [0.4, 0.5) is 11.4 Å². The van der Waals surface area contributed by atoms with E-state index in [4.69, 9.17) is 0 Å². The summed E-state index contributed by atoms with van der Waals surface area (Å²) in [7, 11) is 1.78. The number of aliphatic imine (C=N–C) groups is 1. The Bertz CT molecular complexity index is 732. The van der Waals surface area contributed by atoms with E-state index in [1.54, 1.807) is 11.9 Å². The summed E-state index contributed by atoms with van der Waals surface area (Å²) < 4.78 is 0. The van der Waals surface area contributed by atoms with Crippen LogP contribution in [-0.4, -0.2) is 18.7 Å². The Morgan fingerprint density at radius 2 is 1.80 bits per heavy atom. The predicted molar refractivity (Wildman–Crippen MR) is 82.0 cm³/mol. The number of nitrogens with zero attached hydrogens (tertiary/aromatic N) is 2. The minimum Gasteiger partial charge on any atom is -0.309 e. The van der Waals surface area contributed by atoms with Gasteiger partial charge in [-0.2, -0.15) is 0 Å². The molecule has 1 amide bonds. The van der Waals surface area contributed by atoms with Crippen molar-refractivity contribution in [2.24, 2.45) is 4.99 Å². The number of hydrogen-bond donors (Lipinski definition) is 0. The number of rotatable bonds is 1. The highest BCUT2D eigenvalue weighted by Crippen LogP contribution is 2.30. The van der Waals surface area contributed by atoms with Gasteiger partial charge in [0.1, 0.15) is 5.71 Å². The lowest BCUT2D eigenvalue weighted by molar-refractivity contribution is -0.111. The number of hydrogen-bond acceptors (Lipinski definition) is 2. The van der Waals surface area contributed by atoms with Crippen LogP contribution < -0.4 is 4.90 Å². The van der Waals surface area contributed by atoms with Gasteiger partial charge in [-0.1, -0.05) is 30.3 Å². The summed E-state index contributed by atoms with van der Waals surface area (Å²) in [5, 5.41) is 0. The van der Waals surface area contributed by atoms with Crippen molar-refractivity contribution in [2.75, 3.05) is 11.9 Å². The molecule has 0 saturated carbocycles. The molecule has 0 aromatic heterocycles. The van der Waals surface area contributed by atoms with Crippen LogP contribution in [-0.2, 0) is 4.79 Å². The standard InChI is InChI=1S/C17H16N2O/c1-11-8-9-12(2)14(10-11)18-16-13-6-4-5-7-15(13)19(3)17(16)20/h4-10H,1-3H3. The Hall–Kier alpha value is -2.42. The van der Waals surface area contributed by atoms with Crippen molar-refractivity contribution in [1.82, 2.24) is 0 Å². The average molecular weight is 264 g/mol. The smallest absolute Gasteiger partial charge is 0.277 e. The molecule has 2 aromatic carbocycles. The van der Waals surface area contributed by atoms with Crippen LogP contribution in [0.2, 0.25) is 0 Å². The maximum Gasteiger partial charge on any atom is 0.277 e. The molecule has 3 rings (SSSR count). The van der Waals surface area contributed by atoms with E-state index >= 15 is 0 Å². The Morgan fingerprint density at radius 3 is 2.60 bits per heavy atom. The summed E-state index contributed by atoms with van der Waals surface area (Å²) in [5.41, 5.74) is 5.42. The van der Waals surface area contributed by atoms with Crippen LogP contribution in [0.25, 0.3) is 0 Å². The largest absolute Gasteiger partial charge is 0.309 e. The van der Waals surface area contributed by atoms with Crippen LogP contribution in [0.3, 0.4) is 0 Å². The first-order valence-electron chi connectivity index (χ1n) is 6.61.